The zero-order valence-electron chi connectivity index (χ0n) is 17.0. The minimum Gasteiger partial charge on any atom is -0.497 e. The van der Waals surface area contributed by atoms with E-state index in [1.165, 1.54) is 24.2 Å². The first-order valence-electron chi connectivity index (χ1n) is 9.17. The largest absolute Gasteiger partial charge is 0.497 e. The summed E-state index contributed by atoms with van der Waals surface area (Å²) in [5.74, 6) is 1.37. The summed E-state index contributed by atoms with van der Waals surface area (Å²) in [6.45, 7) is 0. The first-order valence-corrected chi connectivity index (χ1v) is 10.7. The van der Waals surface area contributed by atoms with E-state index in [0.29, 0.717) is 28.2 Å². The molecule has 0 aliphatic carbocycles. The Kier molecular flexibility index (Phi) is 5.34. The van der Waals surface area contributed by atoms with Gasteiger partial charge in [0.05, 0.1) is 37.1 Å². The van der Waals surface area contributed by atoms with E-state index in [1.807, 2.05) is 6.07 Å². The van der Waals surface area contributed by atoms with Crippen molar-refractivity contribution >= 4 is 38.4 Å². The summed E-state index contributed by atoms with van der Waals surface area (Å²) < 4.78 is 40.3. The lowest BCUT2D eigenvalue weighted by Crippen LogP contribution is -2.15. The van der Waals surface area contributed by atoms with E-state index in [2.05, 4.69) is 25.1 Å². The Balaban J connectivity index is 1.79. The predicted octanol–water partition coefficient (Wildman–Crippen LogP) is 2.92. The number of nitrogens with zero attached hydrogens (tertiary/aromatic N) is 4. The van der Waals surface area contributed by atoms with Gasteiger partial charge in [-0.15, -0.1) is 0 Å². The second-order valence-electron chi connectivity index (χ2n) is 6.56. The van der Waals surface area contributed by atoms with Crippen molar-refractivity contribution in [2.75, 3.05) is 24.3 Å². The molecule has 0 atom stereocenters. The van der Waals surface area contributed by atoms with Crippen LogP contribution in [0.5, 0.6) is 11.5 Å². The summed E-state index contributed by atoms with van der Waals surface area (Å²) in [6, 6.07) is 12.4. The van der Waals surface area contributed by atoms with Gasteiger partial charge in [-0.25, -0.2) is 18.4 Å². The second kappa shape index (κ2) is 8.11. The summed E-state index contributed by atoms with van der Waals surface area (Å²) in [5, 5.41) is 7.03. The number of hydrogen-bond donors (Lipinski definition) is 2. The second-order valence-corrected chi connectivity index (χ2v) is 8.24. The smallest absolute Gasteiger partial charge is 0.266 e. The third kappa shape index (κ3) is 4.21. The van der Waals surface area contributed by atoms with Crippen molar-refractivity contribution in [3.8, 4) is 11.5 Å². The zero-order chi connectivity index (χ0) is 22.0. The van der Waals surface area contributed by atoms with Crippen molar-refractivity contribution in [3.63, 3.8) is 0 Å². The molecule has 160 valence electrons. The molecule has 4 rings (SSSR count). The molecule has 0 bridgehead atoms. The average molecular weight is 440 g/mol. The van der Waals surface area contributed by atoms with Gasteiger partial charge in [-0.05, 0) is 24.3 Å². The molecular weight excluding hydrogens is 420 g/mol. The van der Waals surface area contributed by atoms with Gasteiger partial charge in [0, 0.05) is 19.3 Å². The molecule has 0 saturated carbocycles. The highest BCUT2D eigenvalue weighted by atomic mass is 32.2. The number of nitrogens with one attached hydrogen (secondary N) is 2. The number of para-hydroxylation sites is 2. The number of hydrogen-bond acceptors (Lipinski definition) is 8. The predicted molar refractivity (Wildman–Crippen MR) is 116 cm³/mol. The SMILES string of the molecule is COc1ccc(Nc2nc3ccccc3nc2NS(=O)(=O)c2cnn(C)c2)c(OC)c1. The number of anilines is 3. The Labute approximate surface area is 178 Å². The van der Waals surface area contributed by atoms with E-state index in [0.717, 1.165) is 0 Å². The average Bonchev–Trinajstić information content (AvgIpc) is 3.21. The highest BCUT2D eigenvalue weighted by Gasteiger charge is 2.21. The number of aryl methyl sites for hydroxylation is 1. The normalized spacial score (nSPS) is 11.3. The highest BCUT2D eigenvalue weighted by molar-refractivity contribution is 7.92. The summed E-state index contributed by atoms with van der Waals surface area (Å²) in [6.07, 6.45) is 2.66. The van der Waals surface area contributed by atoms with Crippen LogP contribution in [0.15, 0.2) is 59.8 Å². The third-order valence-corrected chi connectivity index (χ3v) is 5.75. The minimum atomic E-state index is -3.93. The molecule has 0 unspecified atom stereocenters. The van der Waals surface area contributed by atoms with Crippen molar-refractivity contribution in [2.24, 2.45) is 7.05 Å². The van der Waals surface area contributed by atoms with E-state index in [1.54, 1.807) is 50.6 Å². The molecule has 0 aliphatic rings. The van der Waals surface area contributed by atoms with Crippen LogP contribution in [-0.4, -0.2) is 42.4 Å². The first-order chi connectivity index (χ1) is 14.9. The molecule has 0 radical (unpaired) electrons. The number of methoxy groups -OCH3 is 2. The van der Waals surface area contributed by atoms with Gasteiger partial charge in [0.2, 0.25) is 0 Å². The Hall–Kier alpha value is -3.86. The van der Waals surface area contributed by atoms with E-state index in [9.17, 15) is 8.42 Å². The van der Waals surface area contributed by atoms with E-state index in [-0.39, 0.29) is 16.5 Å². The molecule has 2 aromatic heterocycles. The summed E-state index contributed by atoms with van der Waals surface area (Å²) in [7, 11) is 0.791. The van der Waals surface area contributed by atoms with Crippen molar-refractivity contribution in [3.05, 3.63) is 54.9 Å². The van der Waals surface area contributed by atoms with Crippen LogP contribution >= 0.6 is 0 Å². The van der Waals surface area contributed by atoms with Crippen LogP contribution in [0.2, 0.25) is 0 Å². The molecule has 2 heterocycles. The molecule has 10 nitrogen and oxygen atoms in total. The standard InChI is InChI=1S/C20H20N6O4S/c1-26-12-14(11-21-26)31(27,28)25-20-19(22-15-6-4-5-7-16(15)23-20)24-17-9-8-13(29-2)10-18(17)30-3/h4-12H,1-3H3,(H,22,24)(H,23,25). The fraction of sp³-hybridized carbons (Fsp3) is 0.150. The van der Waals surface area contributed by atoms with Gasteiger partial charge >= 0.3 is 0 Å². The molecule has 11 heteroatoms. The minimum absolute atomic E-state index is 0.0120. The molecule has 0 saturated heterocycles. The molecule has 2 N–H and O–H groups in total. The quantitative estimate of drug-likeness (QED) is 0.450. The van der Waals surface area contributed by atoms with Gasteiger partial charge in [0.25, 0.3) is 10.0 Å². The fourth-order valence-electron chi connectivity index (χ4n) is 2.91. The molecule has 2 aromatic carbocycles. The van der Waals surface area contributed by atoms with Crippen molar-refractivity contribution in [2.45, 2.75) is 4.90 Å². The molecule has 4 aromatic rings. The zero-order valence-corrected chi connectivity index (χ0v) is 17.8. The molecule has 31 heavy (non-hydrogen) atoms. The van der Waals surface area contributed by atoms with Gasteiger partial charge in [0.1, 0.15) is 16.4 Å². The highest BCUT2D eigenvalue weighted by Crippen LogP contribution is 2.34. The van der Waals surface area contributed by atoms with Crippen LogP contribution < -0.4 is 19.5 Å². The van der Waals surface area contributed by atoms with Crippen LogP contribution in [-0.2, 0) is 17.1 Å². The maximum absolute atomic E-state index is 12.9. The Morgan fingerprint density at radius 2 is 1.68 bits per heavy atom. The maximum atomic E-state index is 12.9. The van der Waals surface area contributed by atoms with Crippen molar-refractivity contribution in [1.29, 1.82) is 0 Å². The van der Waals surface area contributed by atoms with E-state index in [4.69, 9.17) is 9.47 Å². The lowest BCUT2D eigenvalue weighted by Gasteiger charge is -2.15. The number of rotatable bonds is 7. The fourth-order valence-corrected chi connectivity index (χ4v) is 3.90. The molecule has 0 aliphatic heterocycles. The lowest BCUT2D eigenvalue weighted by molar-refractivity contribution is 0.395. The third-order valence-electron chi connectivity index (χ3n) is 4.45. The monoisotopic (exact) mass is 440 g/mol. The summed E-state index contributed by atoms with van der Waals surface area (Å²) >= 11 is 0. The Bertz CT molecular complexity index is 1350. The summed E-state index contributed by atoms with van der Waals surface area (Å²) in [5.41, 5.74) is 1.70. The number of fused-ring (bicyclic) bond motifs is 1. The van der Waals surface area contributed by atoms with E-state index >= 15 is 0 Å². The van der Waals surface area contributed by atoms with Gasteiger partial charge in [0.15, 0.2) is 11.6 Å². The lowest BCUT2D eigenvalue weighted by atomic mass is 10.2. The van der Waals surface area contributed by atoms with Crippen molar-refractivity contribution < 1.29 is 17.9 Å². The van der Waals surface area contributed by atoms with E-state index < -0.39 is 10.0 Å². The number of benzene rings is 2. The van der Waals surface area contributed by atoms with Gasteiger partial charge in [-0.2, -0.15) is 5.10 Å². The van der Waals surface area contributed by atoms with Crippen LogP contribution in [0, 0.1) is 0 Å². The maximum Gasteiger partial charge on any atom is 0.266 e. The van der Waals surface area contributed by atoms with Crippen molar-refractivity contribution in [1.82, 2.24) is 19.7 Å². The Morgan fingerprint density at radius 1 is 0.968 bits per heavy atom. The van der Waals surface area contributed by atoms with Gasteiger partial charge in [-0.1, -0.05) is 12.1 Å². The van der Waals surface area contributed by atoms with Crippen LogP contribution in [0.4, 0.5) is 17.3 Å². The summed E-state index contributed by atoms with van der Waals surface area (Å²) in [4.78, 5) is 9.05. The number of ether oxygens (including phenoxy) is 2. The van der Waals surface area contributed by atoms with Crippen LogP contribution in [0.1, 0.15) is 0 Å². The van der Waals surface area contributed by atoms with Gasteiger partial charge in [-0.3, -0.25) is 9.40 Å². The topological polar surface area (TPSA) is 120 Å². The molecular formula is C20H20N6O4S. The molecule has 0 amide bonds. The number of aromatic nitrogens is 4. The van der Waals surface area contributed by atoms with Crippen LogP contribution in [0.25, 0.3) is 11.0 Å². The molecule has 0 spiro atoms. The van der Waals surface area contributed by atoms with Crippen LogP contribution in [0.3, 0.4) is 0 Å². The first kappa shape index (κ1) is 20.4. The Morgan fingerprint density at radius 3 is 2.29 bits per heavy atom. The number of sulfonamides is 1. The molecule has 0 fully saturated rings. The van der Waals surface area contributed by atoms with Gasteiger partial charge < -0.3 is 14.8 Å².